The van der Waals surface area contributed by atoms with E-state index >= 15 is 0 Å². The number of rotatable bonds is 14. The van der Waals surface area contributed by atoms with Crippen LogP contribution in [0, 0.1) is 20.8 Å². The molecule has 1 aromatic heterocycles. The molecule has 0 amide bonds. The first-order chi connectivity index (χ1) is 15.6. The van der Waals surface area contributed by atoms with Crippen LogP contribution in [0.15, 0.2) is 24.5 Å². The first-order valence-electron chi connectivity index (χ1n) is 12.7. The zero-order valence-electron chi connectivity index (χ0n) is 21.0. The predicted octanol–water partition coefficient (Wildman–Crippen LogP) is 8.90. The van der Waals surface area contributed by atoms with Crippen LogP contribution in [0.1, 0.15) is 101 Å². The molecule has 188 valence electrons. The van der Waals surface area contributed by atoms with Crippen molar-refractivity contribution in [1.29, 1.82) is 0 Å². The van der Waals surface area contributed by atoms with Gasteiger partial charge in [-0.15, -0.1) is 0 Å². The molecule has 0 fully saturated rings. The second-order valence-electron chi connectivity index (χ2n) is 9.16. The van der Waals surface area contributed by atoms with E-state index in [9.17, 15) is 17.3 Å². The Hall–Kier alpha value is -1.79. The van der Waals surface area contributed by atoms with Crippen molar-refractivity contribution in [1.82, 2.24) is 4.98 Å². The van der Waals surface area contributed by atoms with Crippen molar-refractivity contribution in [3.05, 3.63) is 41.2 Å². The van der Waals surface area contributed by atoms with E-state index in [4.69, 9.17) is 0 Å². The lowest BCUT2D eigenvalue weighted by molar-refractivity contribution is -0.685. The second-order valence-corrected chi connectivity index (χ2v) is 9.16. The quantitative estimate of drug-likeness (QED) is 0.123. The highest BCUT2D eigenvalue weighted by Gasteiger charge is 2.20. The summed E-state index contributed by atoms with van der Waals surface area (Å²) in [6, 6.07) is 4.58. The van der Waals surface area contributed by atoms with Crippen LogP contribution in [0.2, 0.25) is 0 Å². The van der Waals surface area contributed by atoms with Crippen LogP contribution in [0.3, 0.4) is 0 Å². The molecule has 2 nitrogen and oxygen atoms in total. The van der Waals surface area contributed by atoms with Gasteiger partial charge >= 0.3 is 7.25 Å². The number of H-pyrrole nitrogens is 1. The van der Waals surface area contributed by atoms with Gasteiger partial charge in [-0.25, -0.2) is 9.55 Å². The maximum atomic E-state index is 9.75. The second kappa shape index (κ2) is 15.9. The van der Waals surface area contributed by atoms with Gasteiger partial charge in [0, 0.05) is 0 Å². The fraction of sp³-hybridized carbons (Fsp3) is 0.654. The number of unbranched alkanes of at least 4 members (excludes halogenated alkanes) is 11. The van der Waals surface area contributed by atoms with E-state index in [-0.39, 0.29) is 0 Å². The monoisotopic (exact) mass is 470 g/mol. The van der Waals surface area contributed by atoms with Gasteiger partial charge in [-0.1, -0.05) is 88.8 Å². The Balaban J connectivity index is 0.000000981. The third-order valence-electron chi connectivity index (χ3n) is 5.93. The maximum Gasteiger partial charge on any atom is 0.673 e. The summed E-state index contributed by atoms with van der Waals surface area (Å²) in [6.07, 6.45) is 21.1. The molecule has 1 N–H and O–H groups in total. The topological polar surface area (TPSA) is 19.7 Å². The number of imidazole rings is 1. The van der Waals surface area contributed by atoms with Crippen LogP contribution in [0.25, 0.3) is 11.4 Å². The number of hydrogen-bond donors (Lipinski definition) is 1. The smallest absolute Gasteiger partial charge is 0.418 e. The zero-order valence-corrected chi connectivity index (χ0v) is 21.0. The highest BCUT2D eigenvalue weighted by atomic mass is 19.5. The molecular formula is C26H43BF4N2. The Kier molecular flexibility index (Phi) is 14.1. The van der Waals surface area contributed by atoms with Crippen molar-refractivity contribution < 1.29 is 21.8 Å². The lowest BCUT2D eigenvalue weighted by Crippen LogP contribution is -2.34. The van der Waals surface area contributed by atoms with Crippen LogP contribution in [0.4, 0.5) is 17.3 Å². The van der Waals surface area contributed by atoms with Gasteiger partial charge in [0.05, 0.1) is 12.1 Å². The summed E-state index contributed by atoms with van der Waals surface area (Å²) in [7, 11) is -6.00. The summed E-state index contributed by atoms with van der Waals surface area (Å²) in [5, 5.41) is 0. The molecular weight excluding hydrogens is 427 g/mol. The fourth-order valence-electron chi connectivity index (χ4n) is 4.44. The number of hydrogen-bond acceptors (Lipinski definition) is 0. The first-order valence-corrected chi connectivity index (χ1v) is 12.7. The number of aromatic nitrogens is 2. The average molecular weight is 470 g/mol. The molecule has 2 rings (SSSR count). The van der Waals surface area contributed by atoms with Gasteiger partial charge in [-0.05, 0) is 44.7 Å². The van der Waals surface area contributed by atoms with Crippen molar-refractivity contribution in [2.75, 3.05) is 0 Å². The maximum absolute atomic E-state index is 9.75. The lowest BCUT2D eigenvalue weighted by atomic mass is 9.99. The molecule has 33 heavy (non-hydrogen) atoms. The first kappa shape index (κ1) is 29.2. The number of aryl methyl sites for hydroxylation is 4. The van der Waals surface area contributed by atoms with Gasteiger partial charge < -0.3 is 17.3 Å². The average Bonchev–Trinajstić information content (AvgIpc) is 3.15. The highest BCUT2D eigenvalue weighted by molar-refractivity contribution is 6.50. The van der Waals surface area contributed by atoms with E-state index in [1.807, 2.05) is 0 Å². The molecule has 0 aliphatic heterocycles. The standard InChI is InChI=1S/C26H42N2.BF4/c1-5-6-7-8-9-10-11-12-13-14-15-16-18-28-19-17-27-26(28)25-23(3)20-22(2)21-24(25)4;2-1(3,4)5/h17,19-21H,5-16,18H2,1-4H3;/q;-1/p+1. The number of nitrogens with zero attached hydrogens (tertiary/aromatic N) is 1. The largest absolute Gasteiger partial charge is 0.673 e. The third-order valence-corrected chi connectivity index (χ3v) is 5.93. The number of nitrogens with one attached hydrogen (secondary N) is 1. The molecule has 0 saturated heterocycles. The number of aromatic amines is 1. The van der Waals surface area contributed by atoms with Crippen molar-refractivity contribution in [2.45, 2.75) is 111 Å². The molecule has 0 spiro atoms. The summed E-state index contributed by atoms with van der Waals surface area (Å²) < 4.78 is 41.4. The van der Waals surface area contributed by atoms with Gasteiger partial charge in [0.15, 0.2) is 0 Å². The Morgan fingerprint density at radius 3 is 1.61 bits per heavy atom. The molecule has 1 heterocycles. The van der Waals surface area contributed by atoms with Crippen molar-refractivity contribution in [3.63, 3.8) is 0 Å². The van der Waals surface area contributed by atoms with Crippen LogP contribution >= 0.6 is 0 Å². The minimum Gasteiger partial charge on any atom is -0.418 e. The van der Waals surface area contributed by atoms with Crippen LogP contribution in [-0.4, -0.2) is 12.2 Å². The third kappa shape index (κ3) is 13.5. The molecule has 0 aliphatic carbocycles. The Morgan fingerprint density at radius 2 is 1.15 bits per heavy atom. The van der Waals surface area contributed by atoms with Gasteiger partial charge in [0.25, 0.3) is 5.82 Å². The van der Waals surface area contributed by atoms with E-state index in [0.29, 0.717) is 0 Å². The van der Waals surface area contributed by atoms with E-state index in [0.717, 1.165) is 6.54 Å². The van der Waals surface area contributed by atoms with Gasteiger partial charge in [0.1, 0.15) is 12.4 Å². The van der Waals surface area contributed by atoms with Gasteiger partial charge in [0.2, 0.25) is 0 Å². The van der Waals surface area contributed by atoms with Gasteiger partial charge in [-0.2, -0.15) is 0 Å². The zero-order chi connectivity index (χ0) is 24.7. The van der Waals surface area contributed by atoms with Crippen molar-refractivity contribution >= 4 is 7.25 Å². The van der Waals surface area contributed by atoms with Gasteiger partial charge in [-0.3, -0.25) is 0 Å². The minimum absolute atomic E-state index is 1.11. The van der Waals surface area contributed by atoms with Crippen molar-refractivity contribution in [3.8, 4) is 11.4 Å². The normalized spacial score (nSPS) is 11.4. The van der Waals surface area contributed by atoms with Crippen LogP contribution in [-0.2, 0) is 6.54 Å². The molecule has 0 radical (unpaired) electrons. The summed E-state index contributed by atoms with van der Waals surface area (Å²) in [4.78, 5) is 3.48. The lowest BCUT2D eigenvalue weighted by Gasteiger charge is -2.09. The molecule has 2 aromatic rings. The number of halogens is 4. The van der Waals surface area contributed by atoms with E-state index < -0.39 is 7.25 Å². The predicted molar refractivity (Wildman–Crippen MR) is 132 cm³/mol. The molecule has 7 heteroatoms. The Labute approximate surface area is 198 Å². The fourth-order valence-corrected chi connectivity index (χ4v) is 4.44. The van der Waals surface area contributed by atoms with E-state index in [1.165, 1.54) is 105 Å². The van der Waals surface area contributed by atoms with Crippen LogP contribution in [0.5, 0.6) is 0 Å². The molecule has 0 aliphatic rings. The summed E-state index contributed by atoms with van der Waals surface area (Å²) in [5.74, 6) is 1.26. The molecule has 1 aromatic carbocycles. The Morgan fingerprint density at radius 1 is 0.727 bits per heavy atom. The SMILES string of the molecule is CCCCCCCCCCCCCC[n+]1cc[nH]c1-c1c(C)cc(C)cc1C.F[B-](F)(F)F. The van der Waals surface area contributed by atoms with E-state index in [1.54, 1.807) is 0 Å². The molecule has 0 unspecified atom stereocenters. The molecule has 0 bridgehead atoms. The summed E-state index contributed by atoms with van der Waals surface area (Å²) >= 11 is 0. The highest BCUT2D eigenvalue weighted by Crippen LogP contribution is 2.25. The van der Waals surface area contributed by atoms with E-state index in [2.05, 4.69) is 61.8 Å². The molecule has 0 atom stereocenters. The number of benzene rings is 1. The molecule has 0 saturated carbocycles. The summed E-state index contributed by atoms with van der Waals surface area (Å²) in [5.41, 5.74) is 5.44. The van der Waals surface area contributed by atoms with Crippen molar-refractivity contribution in [2.24, 2.45) is 0 Å². The summed E-state index contributed by atoms with van der Waals surface area (Å²) in [6.45, 7) is 10.0. The minimum atomic E-state index is -6.00. The van der Waals surface area contributed by atoms with Crippen LogP contribution < -0.4 is 4.57 Å². The Bertz CT molecular complexity index is 758.